The molecular weight excluding hydrogens is 102 g/mol. The lowest BCUT2D eigenvalue weighted by atomic mass is 10.6. The van der Waals surface area contributed by atoms with Crippen LogP contribution in [0.1, 0.15) is 0 Å². The van der Waals surface area contributed by atoms with Crippen molar-refractivity contribution in [3.05, 3.63) is 25.0 Å². The molecule has 0 fully saturated rings. The fourth-order valence-electron chi connectivity index (χ4n) is 0.418. The molecule has 0 N–H and O–H groups in total. The molecule has 3 heteroatoms. The fourth-order valence-corrected chi connectivity index (χ4v) is 0.418. The van der Waals surface area contributed by atoms with Gasteiger partial charge in [0.1, 0.15) is 6.20 Å². The van der Waals surface area contributed by atoms with E-state index in [4.69, 9.17) is 0 Å². The standard InChI is InChI=1S/C5H6N3/c1-2-4-8-5-3-6-7-8/h2-3H,1,4H2. The number of nitrogens with zero attached hydrogens (tertiary/aromatic N) is 3. The van der Waals surface area contributed by atoms with Gasteiger partial charge in [0.15, 0.2) is 0 Å². The highest BCUT2D eigenvalue weighted by atomic mass is 15.4. The number of aromatic nitrogens is 3. The Morgan fingerprint density at radius 1 is 1.88 bits per heavy atom. The van der Waals surface area contributed by atoms with Crippen molar-refractivity contribution in [3.8, 4) is 0 Å². The molecule has 0 spiro atoms. The van der Waals surface area contributed by atoms with Crippen LogP contribution in [-0.4, -0.2) is 15.0 Å². The number of hydrogen-bond acceptors (Lipinski definition) is 2. The Morgan fingerprint density at radius 2 is 2.75 bits per heavy atom. The average molecular weight is 108 g/mol. The van der Waals surface area contributed by atoms with E-state index in [0.717, 1.165) is 0 Å². The highest BCUT2D eigenvalue weighted by molar-refractivity contribution is 4.69. The lowest BCUT2D eigenvalue weighted by Crippen LogP contribution is -1.94. The number of hydrogen-bond donors (Lipinski definition) is 0. The maximum absolute atomic E-state index is 3.65. The van der Waals surface area contributed by atoms with Gasteiger partial charge in [0.05, 0.1) is 12.7 Å². The molecule has 0 aliphatic heterocycles. The van der Waals surface area contributed by atoms with Gasteiger partial charge in [-0.15, -0.1) is 11.7 Å². The van der Waals surface area contributed by atoms with E-state index >= 15 is 0 Å². The molecule has 0 aliphatic carbocycles. The molecule has 0 aromatic carbocycles. The molecule has 0 saturated heterocycles. The van der Waals surface area contributed by atoms with Gasteiger partial charge in [-0.3, -0.25) is 0 Å². The van der Waals surface area contributed by atoms with Crippen LogP contribution >= 0.6 is 0 Å². The van der Waals surface area contributed by atoms with Gasteiger partial charge in [-0.2, -0.15) is 0 Å². The van der Waals surface area contributed by atoms with Crippen molar-refractivity contribution in [2.45, 2.75) is 6.54 Å². The zero-order valence-electron chi connectivity index (χ0n) is 4.41. The van der Waals surface area contributed by atoms with Gasteiger partial charge in [-0.05, 0) is 0 Å². The molecular formula is C5H6N3. The Hall–Kier alpha value is -1.12. The third-order valence-corrected chi connectivity index (χ3v) is 0.726. The van der Waals surface area contributed by atoms with Gasteiger partial charge < -0.3 is 0 Å². The highest BCUT2D eigenvalue weighted by Crippen LogP contribution is 1.77. The Bertz CT molecular complexity index is 154. The lowest BCUT2D eigenvalue weighted by Gasteiger charge is -1.86. The Labute approximate surface area is 47.6 Å². The summed E-state index contributed by atoms with van der Waals surface area (Å²) < 4.78 is 1.58. The van der Waals surface area contributed by atoms with Crippen LogP contribution in [0.5, 0.6) is 0 Å². The molecule has 3 nitrogen and oxygen atoms in total. The second kappa shape index (κ2) is 2.26. The van der Waals surface area contributed by atoms with E-state index in [0.29, 0.717) is 6.54 Å². The maximum atomic E-state index is 3.65. The quantitative estimate of drug-likeness (QED) is 0.509. The summed E-state index contributed by atoms with van der Waals surface area (Å²) in [5.41, 5.74) is 0. The van der Waals surface area contributed by atoms with Gasteiger partial charge in [0.25, 0.3) is 0 Å². The molecule has 1 aromatic rings. The summed E-state index contributed by atoms with van der Waals surface area (Å²) in [7, 11) is 0. The summed E-state index contributed by atoms with van der Waals surface area (Å²) in [6, 6.07) is 0. The Balaban J connectivity index is 2.62. The van der Waals surface area contributed by atoms with Crippen LogP contribution in [0.2, 0.25) is 0 Å². The molecule has 41 valence electrons. The minimum Gasteiger partial charge on any atom is -0.239 e. The largest absolute Gasteiger partial charge is 0.239 e. The van der Waals surface area contributed by atoms with Crippen molar-refractivity contribution < 1.29 is 0 Å². The first-order valence-corrected chi connectivity index (χ1v) is 2.30. The number of allylic oxidation sites excluding steroid dienone is 1. The summed E-state index contributed by atoms with van der Waals surface area (Å²) in [5.74, 6) is 0. The summed E-state index contributed by atoms with van der Waals surface area (Å²) in [6.07, 6.45) is 6.02. The van der Waals surface area contributed by atoms with E-state index in [1.54, 1.807) is 10.8 Å². The molecule has 0 bridgehead atoms. The molecule has 0 aliphatic rings. The van der Waals surface area contributed by atoms with Crippen molar-refractivity contribution in [3.63, 3.8) is 0 Å². The van der Waals surface area contributed by atoms with Crippen LogP contribution in [0.3, 0.4) is 0 Å². The topological polar surface area (TPSA) is 30.7 Å². The van der Waals surface area contributed by atoms with Gasteiger partial charge in [0, 0.05) is 0 Å². The Kier molecular flexibility index (Phi) is 1.42. The SMILES string of the molecule is C=CCn1[c]cnn1. The van der Waals surface area contributed by atoms with Crippen molar-refractivity contribution in [2.75, 3.05) is 0 Å². The minimum atomic E-state index is 0.681. The summed E-state index contributed by atoms with van der Waals surface area (Å²) >= 11 is 0. The second-order valence-corrected chi connectivity index (χ2v) is 1.33. The first-order valence-electron chi connectivity index (χ1n) is 2.30. The maximum Gasteiger partial charge on any atom is 0.109 e. The molecule has 1 rings (SSSR count). The predicted octanol–water partition coefficient (Wildman–Crippen LogP) is 0.264. The predicted molar refractivity (Wildman–Crippen MR) is 29.1 cm³/mol. The first-order chi connectivity index (χ1) is 3.93. The van der Waals surface area contributed by atoms with Crippen molar-refractivity contribution in [1.82, 2.24) is 15.0 Å². The smallest absolute Gasteiger partial charge is 0.109 e. The molecule has 0 unspecified atom stereocenters. The number of rotatable bonds is 2. The zero-order valence-corrected chi connectivity index (χ0v) is 4.41. The molecule has 0 amide bonds. The average Bonchev–Trinajstić information content (AvgIpc) is 2.19. The fraction of sp³-hybridized carbons (Fsp3) is 0.200. The zero-order chi connectivity index (χ0) is 5.82. The normalized spacial score (nSPS) is 9.00. The molecule has 0 saturated carbocycles. The third-order valence-electron chi connectivity index (χ3n) is 0.726. The minimum absolute atomic E-state index is 0.681. The van der Waals surface area contributed by atoms with E-state index in [1.807, 2.05) is 0 Å². The molecule has 8 heavy (non-hydrogen) atoms. The van der Waals surface area contributed by atoms with E-state index < -0.39 is 0 Å². The Morgan fingerprint density at radius 3 is 3.25 bits per heavy atom. The lowest BCUT2D eigenvalue weighted by molar-refractivity contribution is 0.658. The monoisotopic (exact) mass is 108 g/mol. The summed E-state index contributed by atoms with van der Waals surface area (Å²) in [6.45, 7) is 4.21. The van der Waals surface area contributed by atoms with Crippen molar-refractivity contribution >= 4 is 0 Å². The van der Waals surface area contributed by atoms with Crippen LogP contribution in [0.4, 0.5) is 0 Å². The molecule has 1 radical (unpaired) electrons. The summed E-state index contributed by atoms with van der Waals surface area (Å²) in [5, 5.41) is 7.20. The van der Waals surface area contributed by atoms with Crippen LogP contribution in [0, 0.1) is 6.20 Å². The van der Waals surface area contributed by atoms with E-state index in [1.165, 1.54) is 6.20 Å². The van der Waals surface area contributed by atoms with Gasteiger partial charge >= 0.3 is 0 Å². The van der Waals surface area contributed by atoms with Crippen LogP contribution in [0.25, 0.3) is 0 Å². The molecule has 1 heterocycles. The van der Waals surface area contributed by atoms with Crippen LogP contribution < -0.4 is 0 Å². The van der Waals surface area contributed by atoms with Gasteiger partial charge in [0.2, 0.25) is 0 Å². The van der Waals surface area contributed by atoms with Crippen molar-refractivity contribution in [2.24, 2.45) is 0 Å². The summed E-state index contributed by atoms with van der Waals surface area (Å²) in [4.78, 5) is 0. The van der Waals surface area contributed by atoms with E-state index in [2.05, 4.69) is 23.1 Å². The van der Waals surface area contributed by atoms with Crippen LogP contribution in [0.15, 0.2) is 18.9 Å². The van der Waals surface area contributed by atoms with E-state index in [-0.39, 0.29) is 0 Å². The van der Waals surface area contributed by atoms with E-state index in [9.17, 15) is 0 Å². The van der Waals surface area contributed by atoms with Gasteiger partial charge in [-0.1, -0.05) is 11.3 Å². The first kappa shape index (κ1) is 5.03. The highest BCUT2D eigenvalue weighted by Gasteiger charge is 1.82. The van der Waals surface area contributed by atoms with Gasteiger partial charge in [-0.25, -0.2) is 4.68 Å². The van der Waals surface area contributed by atoms with Crippen LogP contribution in [-0.2, 0) is 6.54 Å². The third kappa shape index (κ3) is 0.932. The van der Waals surface area contributed by atoms with Crippen molar-refractivity contribution in [1.29, 1.82) is 0 Å². The molecule has 0 atom stereocenters. The molecule has 1 aromatic heterocycles. The second-order valence-electron chi connectivity index (χ2n) is 1.33.